The van der Waals surface area contributed by atoms with Crippen molar-refractivity contribution in [2.24, 2.45) is 0 Å². The standard InChI is InChI=1S/C21H14N4S/c1-2-5-15(6-3-1)19-10-12-25-21(24-19)20(14-23-25)26-17-8-9-18-16(13-17)7-4-11-22-18/h1-14H. The lowest BCUT2D eigenvalue weighted by molar-refractivity contribution is 0.941. The van der Waals surface area contributed by atoms with Gasteiger partial charge in [0, 0.05) is 28.2 Å². The van der Waals surface area contributed by atoms with E-state index in [1.807, 2.05) is 59.5 Å². The minimum absolute atomic E-state index is 0.864. The fourth-order valence-corrected chi connectivity index (χ4v) is 3.84. The third-order valence-electron chi connectivity index (χ3n) is 4.21. The summed E-state index contributed by atoms with van der Waals surface area (Å²) in [5.41, 5.74) is 3.91. The molecule has 0 amide bonds. The van der Waals surface area contributed by atoms with Crippen molar-refractivity contribution in [1.29, 1.82) is 0 Å². The van der Waals surface area contributed by atoms with Crippen LogP contribution in [0.4, 0.5) is 0 Å². The van der Waals surface area contributed by atoms with Crippen LogP contribution in [-0.2, 0) is 0 Å². The summed E-state index contributed by atoms with van der Waals surface area (Å²) in [6.07, 6.45) is 5.64. The summed E-state index contributed by atoms with van der Waals surface area (Å²) in [4.78, 5) is 11.4. The maximum Gasteiger partial charge on any atom is 0.169 e. The molecule has 0 unspecified atom stereocenters. The van der Waals surface area contributed by atoms with Crippen LogP contribution in [0.2, 0.25) is 0 Å². The molecule has 4 nitrogen and oxygen atoms in total. The van der Waals surface area contributed by atoms with E-state index in [0.29, 0.717) is 0 Å². The molecule has 0 radical (unpaired) electrons. The predicted octanol–water partition coefficient (Wildman–Crippen LogP) is 5.10. The van der Waals surface area contributed by atoms with E-state index in [2.05, 4.69) is 40.4 Å². The van der Waals surface area contributed by atoms with Crippen molar-refractivity contribution in [1.82, 2.24) is 19.6 Å². The van der Waals surface area contributed by atoms with E-state index in [1.165, 1.54) is 0 Å². The van der Waals surface area contributed by atoms with Crippen molar-refractivity contribution in [3.05, 3.63) is 85.3 Å². The largest absolute Gasteiger partial charge is 0.256 e. The van der Waals surface area contributed by atoms with Crippen LogP contribution in [0.5, 0.6) is 0 Å². The molecule has 0 aliphatic carbocycles. The monoisotopic (exact) mass is 354 g/mol. The van der Waals surface area contributed by atoms with Gasteiger partial charge in [0.05, 0.1) is 22.3 Å². The highest BCUT2D eigenvalue weighted by atomic mass is 32.2. The van der Waals surface area contributed by atoms with Crippen LogP contribution in [0.25, 0.3) is 27.8 Å². The smallest absolute Gasteiger partial charge is 0.169 e. The molecule has 0 spiro atoms. The van der Waals surface area contributed by atoms with Gasteiger partial charge >= 0.3 is 0 Å². The summed E-state index contributed by atoms with van der Waals surface area (Å²) in [5.74, 6) is 0. The second kappa shape index (κ2) is 6.28. The van der Waals surface area contributed by atoms with Gasteiger partial charge in [0.25, 0.3) is 0 Å². The summed E-state index contributed by atoms with van der Waals surface area (Å²) in [7, 11) is 0. The summed E-state index contributed by atoms with van der Waals surface area (Å²) >= 11 is 1.67. The van der Waals surface area contributed by atoms with Gasteiger partial charge in [0.2, 0.25) is 0 Å². The van der Waals surface area contributed by atoms with Gasteiger partial charge in [-0.15, -0.1) is 0 Å². The molecular weight excluding hydrogens is 340 g/mol. The molecule has 0 aliphatic heterocycles. The van der Waals surface area contributed by atoms with Gasteiger partial charge in [-0.1, -0.05) is 48.2 Å². The number of hydrogen-bond donors (Lipinski definition) is 0. The Labute approximate surface area is 154 Å². The summed E-state index contributed by atoms with van der Waals surface area (Å²) < 4.78 is 1.82. The van der Waals surface area contributed by atoms with E-state index in [-0.39, 0.29) is 0 Å². The number of nitrogens with zero attached hydrogens (tertiary/aromatic N) is 4. The zero-order valence-corrected chi connectivity index (χ0v) is 14.6. The highest BCUT2D eigenvalue weighted by Crippen LogP contribution is 2.32. The van der Waals surface area contributed by atoms with E-state index in [9.17, 15) is 0 Å². The van der Waals surface area contributed by atoms with Crippen LogP contribution < -0.4 is 0 Å². The van der Waals surface area contributed by atoms with E-state index in [0.717, 1.165) is 37.6 Å². The number of pyridine rings is 1. The highest BCUT2D eigenvalue weighted by molar-refractivity contribution is 7.99. The minimum atomic E-state index is 0.864. The molecule has 3 aromatic heterocycles. The van der Waals surface area contributed by atoms with Crippen molar-refractivity contribution >= 4 is 28.3 Å². The summed E-state index contributed by atoms with van der Waals surface area (Å²) in [6.45, 7) is 0. The Balaban J connectivity index is 1.55. The summed E-state index contributed by atoms with van der Waals surface area (Å²) in [5, 5.41) is 5.56. The Morgan fingerprint density at radius 3 is 2.73 bits per heavy atom. The van der Waals surface area contributed by atoms with Gasteiger partial charge in [-0.2, -0.15) is 5.10 Å². The Morgan fingerprint density at radius 1 is 0.885 bits per heavy atom. The molecular formula is C21H14N4S. The Hall–Kier alpha value is -3.18. The fraction of sp³-hybridized carbons (Fsp3) is 0. The van der Waals surface area contributed by atoms with Crippen LogP contribution in [0.3, 0.4) is 0 Å². The van der Waals surface area contributed by atoms with E-state index in [1.54, 1.807) is 11.8 Å². The lowest BCUT2D eigenvalue weighted by Crippen LogP contribution is -1.92. The fourth-order valence-electron chi connectivity index (χ4n) is 2.93. The molecule has 5 heteroatoms. The van der Waals surface area contributed by atoms with E-state index >= 15 is 0 Å². The van der Waals surface area contributed by atoms with Gasteiger partial charge in [-0.3, -0.25) is 4.98 Å². The van der Waals surface area contributed by atoms with Crippen molar-refractivity contribution in [3.63, 3.8) is 0 Å². The topological polar surface area (TPSA) is 43.1 Å². The number of hydrogen-bond acceptors (Lipinski definition) is 4. The SMILES string of the molecule is c1ccc(-c2ccn3ncc(Sc4ccc5ncccc5c4)c3n2)cc1. The van der Waals surface area contributed by atoms with Gasteiger partial charge in [0.1, 0.15) is 0 Å². The first-order chi connectivity index (χ1) is 12.9. The molecule has 0 atom stereocenters. The molecule has 0 fully saturated rings. The second-order valence-corrected chi connectivity index (χ2v) is 7.03. The zero-order chi connectivity index (χ0) is 17.3. The van der Waals surface area contributed by atoms with Crippen molar-refractivity contribution in [3.8, 4) is 11.3 Å². The molecule has 2 aromatic carbocycles. The first-order valence-electron chi connectivity index (χ1n) is 8.29. The van der Waals surface area contributed by atoms with Gasteiger partial charge in [-0.25, -0.2) is 9.50 Å². The van der Waals surface area contributed by atoms with Gasteiger partial charge in [0.15, 0.2) is 5.65 Å². The number of aromatic nitrogens is 4. The van der Waals surface area contributed by atoms with Crippen LogP contribution >= 0.6 is 11.8 Å². The van der Waals surface area contributed by atoms with Crippen LogP contribution in [0, 0.1) is 0 Å². The molecule has 0 bridgehead atoms. The summed E-state index contributed by atoms with van der Waals surface area (Å²) in [6, 6.07) is 22.5. The van der Waals surface area contributed by atoms with E-state index in [4.69, 9.17) is 4.98 Å². The first-order valence-corrected chi connectivity index (χ1v) is 9.11. The number of rotatable bonds is 3. The molecule has 0 saturated heterocycles. The molecule has 3 heterocycles. The average molecular weight is 354 g/mol. The average Bonchev–Trinajstić information content (AvgIpc) is 3.10. The van der Waals surface area contributed by atoms with Gasteiger partial charge < -0.3 is 0 Å². The molecule has 0 N–H and O–H groups in total. The molecule has 5 aromatic rings. The zero-order valence-electron chi connectivity index (χ0n) is 13.8. The molecule has 0 aliphatic rings. The maximum absolute atomic E-state index is 4.83. The molecule has 26 heavy (non-hydrogen) atoms. The third-order valence-corrected chi connectivity index (χ3v) is 5.21. The van der Waals surface area contributed by atoms with Crippen molar-refractivity contribution in [2.75, 3.05) is 0 Å². The van der Waals surface area contributed by atoms with Crippen LogP contribution in [-0.4, -0.2) is 19.6 Å². The maximum atomic E-state index is 4.83. The second-order valence-electron chi connectivity index (χ2n) is 5.92. The lowest BCUT2D eigenvalue weighted by Gasteiger charge is -2.04. The Morgan fingerprint density at radius 2 is 1.81 bits per heavy atom. The van der Waals surface area contributed by atoms with Gasteiger partial charge in [-0.05, 0) is 30.3 Å². The van der Waals surface area contributed by atoms with Crippen molar-refractivity contribution < 1.29 is 0 Å². The predicted molar refractivity (Wildman–Crippen MR) is 104 cm³/mol. The minimum Gasteiger partial charge on any atom is -0.256 e. The highest BCUT2D eigenvalue weighted by Gasteiger charge is 2.10. The molecule has 0 saturated carbocycles. The number of benzene rings is 2. The molecule has 5 rings (SSSR count). The van der Waals surface area contributed by atoms with Crippen LogP contribution in [0.1, 0.15) is 0 Å². The van der Waals surface area contributed by atoms with Crippen molar-refractivity contribution in [2.45, 2.75) is 9.79 Å². The quantitative estimate of drug-likeness (QED) is 0.452. The Bertz CT molecular complexity index is 1210. The first kappa shape index (κ1) is 15.1. The lowest BCUT2D eigenvalue weighted by atomic mass is 10.1. The third kappa shape index (κ3) is 2.72. The van der Waals surface area contributed by atoms with E-state index < -0.39 is 0 Å². The Kier molecular flexibility index (Phi) is 3.65. The normalized spacial score (nSPS) is 11.2. The number of fused-ring (bicyclic) bond motifs is 2. The van der Waals surface area contributed by atoms with Crippen LogP contribution in [0.15, 0.2) is 95.1 Å². The molecule has 124 valence electrons.